The Hall–Kier alpha value is -1.88. The van der Waals surface area contributed by atoms with Crippen LogP contribution < -0.4 is 4.74 Å². The summed E-state index contributed by atoms with van der Waals surface area (Å²) in [7, 11) is 0. The lowest BCUT2D eigenvalue weighted by Crippen LogP contribution is -2.02. The fourth-order valence-electron chi connectivity index (χ4n) is 1.92. The van der Waals surface area contributed by atoms with Crippen LogP contribution >= 0.6 is 15.9 Å². The summed E-state index contributed by atoms with van der Waals surface area (Å²) in [5.74, 6) is 1.69. The zero-order chi connectivity index (χ0) is 13.2. The Bertz CT molecular complexity index is 724. The molecule has 0 spiro atoms. The van der Waals surface area contributed by atoms with Crippen molar-refractivity contribution in [3.8, 4) is 5.75 Å². The first-order valence-corrected chi connectivity index (χ1v) is 6.70. The van der Waals surface area contributed by atoms with E-state index in [4.69, 9.17) is 4.74 Å². The Kier molecular flexibility index (Phi) is 3.21. The molecule has 0 aliphatic rings. The maximum atomic E-state index is 5.81. The summed E-state index contributed by atoms with van der Waals surface area (Å²) in [6, 6.07) is 9.85. The summed E-state index contributed by atoms with van der Waals surface area (Å²) in [6.07, 6.45) is 3.48. The zero-order valence-corrected chi connectivity index (χ0v) is 12.0. The summed E-state index contributed by atoms with van der Waals surface area (Å²) >= 11 is 3.44. The highest BCUT2D eigenvalue weighted by Gasteiger charge is 2.09. The molecule has 0 fully saturated rings. The number of imidazole rings is 1. The molecule has 0 radical (unpaired) electrons. The average Bonchev–Trinajstić information content (AvgIpc) is 2.75. The molecule has 0 saturated carbocycles. The molecule has 0 amide bonds. The van der Waals surface area contributed by atoms with Gasteiger partial charge in [-0.25, -0.2) is 9.97 Å². The van der Waals surface area contributed by atoms with E-state index in [9.17, 15) is 0 Å². The van der Waals surface area contributed by atoms with E-state index in [0.717, 1.165) is 27.3 Å². The van der Waals surface area contributed by atoms with E-state index in [0.29, 0.717) is 6.61 Å². The van der Waals surface area contributed by atoms with Gasteiger partial charge < -0.3 is 4.74 Å². The number of aromatic nitrogens is 3. The van der Waals surface area contributed by atoms with E-state index in [2.05, 4.69) is 25.9 Å². The number of ether oxygens (including phenoxy) is 1. The first kappa shape index (κ1) is 12.2. The quantitative estimate of drug-likeness (QED) is 0.743. The van der Waals surface area contributed by atoms with Gasteiger partial charge in [-0.1, -0.05) is 18.2 Å². The van der Waals surface area contributed by atoms with Crippen LogP contribution in [0.5, 0.6) is 5.75 Å². The van der Waals surface area contributed by atoms with E-state index < -0.39 is 0 Å². The molecule has 0 aliphatic carbocycles. The molecule has 96 valence electrons. The Balaban J connectivity index is 1.88. The molecule has 3 rings (SSSR count). The van der Waals surface area contributed by atoms with Gasteiger partial charge in [-0.15, -0.1) is 0 Å². The van der Waals surface area contributed by atoms with Crippen molar-refractivity contribution in [2.75, 3.05) is 0 Å². The Morgan fingerprint density at radius 2 is 2.11 bits per heavy atom. The van der Waals surface area contributed by atoms with Crippen LogP contribution in [0, 0.1) is 6.92 Å². The van der Waals surface area contributed by atoms with Crippen molar-refractivity contribution in [3.63, 3.8) is 0 Å². The number of para-hydroxylation sites is 1. The number of aryl methyl sites for hydroxylation is 1. The number of nitrogens with zero attached hydrogens (tertiary/aromatic N) is 3. The molecular formula is C14H12BrN3O. The number of rotatable bonds is 3. The van der Waals surface area contributed by atoms with Gasteiger partial charge in [0.15, 0.2) is 5.82 Å². The second-order valence-electron chi connectivity index (χ2n) is 4.21. The summed E-state index contributed by atoms with van der Waals surface area (Å²) in [5, 5.41) is 0. The molecule has 19 heavy (non-hydrogen) atoms. The molecular weight excluding hydrogens is 306 g/mol. The number of hydrogen-bond acceptors (Lipinski definition) is 3. The van der Waals surface area contributed by atoms with Crippen LogP contribution in [0.3, 0.4) is 0 Å². The van der Waals surface area contributed by atoms with Crippen LogP contribution in [0.1, 0.15) is 11.4 Å². The third-order valence-corrected chi connectivity index (χ3v) is 3.51. The summed E-state index contributed by atoms with van der Waals surface area (Å²) in [4.78, 5) is 8.56. The van der Waals surface area contributed by atoms with Crippen molar-refractivity contribution < 1.29 is 4.74 Å². The normalized spacial score (nSPS) is 10.8. The van der Waals surface area contributed by atoms with Crippen molar-refractivity contribution >= 4 is 21.4 Å². The highest BCUT2D eigenvalue weighted by molar-refractivity contribution is 9.10. The molecule has 2 heterocycles. The van der Waals surface area contributed by atoms with E-state index >= 15 is 0 Å². The van der Waals surface area contributed by atoms with Crippen LogP contribution in [-0.4, -0.2) is 14.4 Å². The topological polar surface area (TPSA) is 39.4 Å². The molecule has 4 nitrogen and oxygen atoms in total. The zero-order valence-electron chi connectivity index (χ0n) is 10.4. The number of fused-ring (bicyclic) bond motifs is 1. The van der Waals surface area contributed by atoms with Crippen LogP contribution in [-0.2, 0) is 6.61 Å². The maximum Gasteiger partial charge on any atom is 0.153 e. The molecule has 0 N–H and O–H groups in total. The van der Waals surface area contributed by atoms with Crippen molar-refractivity contribution in [1.29, 1.82) is 0 Å². The van der Waals surface area contributed by atoms with Crippen molar-refractivity contribution in [2.24, 2.45) is 0 Å². The smallest absolute Gasteiger partial charge is 0.153 e. The fourth-order valence-corrected chi connectivity index (χ4v) is 2.45. The number of hydrogen-bond donors (Lipinski definition) is 0. The van der Waals surface area contributed by atoms with E-state index in [-0.39, 0.29) is 0 Å². The lowest BCUT2D eigenvalue weighted by molar-refractivity contribution is 0.293. The highest BCUT2D eigenvalue weighted by atomic mass is 79.9. The minimum Gasteiger partial charge on any atom is -0.485 e. The first-order chi connectivity index (χ1) is 9.25. The lowest BCUT2D eigenvalue weighted by Gasteiger charge is -2.07. The SMILES string of the molecule is Cc1ccccc1OCc1nc(Br)c2ccncn12. The van der Waals surface area contributed by atoms with E-state index in [1.54, 1.807) is 12.5 Å². The van der Waals surface area contributed by atoms with Gasteiger partial charge >= 0.3 is 0 Å². The van der Waals surface area contributed by atoms with Crippen LogP contribution in [0.25, 0.3) is 5.52 Å². The Morgan fingerprint density at radius 3 is 2.95 bits per heavy atom. The molecule has 3 aromatic rings. The molecule has 0 aliphatic heterocycles. The van der Waals surface area contributed by atoms with Crippen molar-refractivity contribution in [3.05, 3.63) is 58.8 Å². The fraction of sp³-hybridized carbons (Fsp3) is 0.143. The largest absolute Gasteiger partial charge is 0.485 e. The summed E-state index contributed by atoms with van der Waals surface area (Å²) < 4.78 is 8.54. The lowest BCUT2D eigenvalue weighted by atomic mass is 10.2. The first-order valence-electron chi connectivity index (χ1n) is 5.90. The Morgan fingerprint density at radius 1 is 1.26 bits per heavy atom. The van der Waals surface area contributed by atoms with Gasteiger partial charge in [-0.3, -0.25) is 4.40 Å². The van der Waals surface area contributed by atoms with Gasteiger partial charge in [-0.05, 0) is 40.5 Å². The van der Waals surface area contributed by atoms with Crippen molar-refractivity contribution in [1.82, 2.24) is 14.4 Å². The molecule has 0 saturated heterocycles. The van der Waals surface area contributed by atoms with E-state index in [1.165, 1.54) is 0 Å². The predicted molar refractivity (Wildman–Crippen MR) is 76.2 cm³/mol. The van der Waals surface area contributed by atoms with Crippen LogP contribution in [0.2, 0.25) is 0 Å². The third-order valence-electron chi connectivity index (χ3n) is 2.93. The molecule has 2 aromatic heterocycles. The molecule has 5 heteroatoms. The molecule has 1 aromatic carbocycles. The van der Waals surface area contributed by atoms with E-state index in [1.807, 2.05) is 41.7 Å². The second kappa shape index (κ2) is 5.01. The number of halogens is 1. The van der Waals surface area contributed by atoms with Crippen LogP contribution in [0.4, 0.5) is 0 Å². The predicted octanol–water partition coefficient (Wildman–Crippen LogP) is 3.38. The molecule has 0 unspecified atom stereocenters. The third kappa shape index (κ3) is 2.33. The van der Waals surface area contributed by atoms with Gasteiger partial charge in [0.1, 0.15) is 23.3 Å². The van der Waals surface area contributed by atoms with Gasteiger partial charge in [0.05, 0.1) is 5.52 Å². The highest BCUT2D eigenvalue weighted by Crippen LogP contribution is 2.21. The minimum atomic E-state index is 0.406. The van der Waals surface area contributed by atoms with Gasteiger partial charge in [-0.2, -0.15) is 0 Å². The molecule has 0 atom stereocenters. The maximum absolute atomic E-state index is 5.81. The van der Waals surface area contributed by atoms with Gasteiger partial charge in [0.25, 0.3) is 0 Å². The standard InChI is InChI=1S/C14H12BrN3O/c1-10-4-2-3-5-12(10)19-8-13-17-14(15)11-6-7-16-9-18(11)13/h2-7,9H,8H2,1H3. The molecule has 0 bridgehead atoms. The average molecular weight is 318 g/mol. The minimum absolute atomic E-state index is 0.406. The summed E-state index contributed by atoms with van der Waals surface area (Å²) in [5.41, 5.74) is 2.10. The van der Waals surface area contributed by atoms with Gasteiger partial charge in [0.2, 0.25) is 0 Å². The number of benzene rings is 1. The summed E-state index contributed by atoms with van der Waals surface area (Å²) in [6.45, 7) is 2.43. The second-order valence-corrected chi connectivity index (χ2v) is 4.96. The monoisotopic (exact) mass is 317 g/mol. The van der Waals surface area contributed by atoms with Crippen molar-refractivity contribution in [2.45, 2.75) is 13.5 Å². The van der Waals surface area contributed by atoms with Crippen LogP contribution in [0.15, 0.2) is 47.5 Å². The Labute approximate surface area is 119 Å². The van der Waals surface area contributed by atoms with Gasteiger partial charge in [0, 0.05) is 6.20 Å².